The molecule has 6 atom stereocenters. The van der Waals surface area contributed by atoms with E-state index in [1.807, 2.05) is 31.2 Å². The molecule has 3 aromatic rings. The van der Waals surface area contributed by atoms with E-state index in [1.165, 1.54) is 0 Å². The lowest BCUT2D eigenvalue weighted by Crippen LogP contribution is -2.60. The first-order valence-electron chi connectivity index (χ1n) is 17.5. The van der Waals surface area contributed by atoms with E-state index in [0.717, 1.165) is 16.5 Å². The summed E-state index contributed by atoms with van der Waals surface area (Å²) in [6.07, 6.45) is 2.72. The number of nitrogens with two attached hydrogens (primary N) is 2. The van der Waals surface area contributed by atoms with Crippen LogP contribution < -0.4 is 32.7 Å². The van der Waals surface area contributed by atoms with Gasteiger partial charge in [0.15, 0.2) is 0 Å². The van der Waals surface area contributed by atoms with E-state index in [9.17, 15) is 39.0 Å². The number of aromatic nitrogens is 1. The fourth-order valence-electron chi connectivity index (χ4n) is 5.74. The molecule has 11 N–H and O–H groups in total. The van der Waals surface area contributed by atoms with Crippen LogP contribution in [0.5, 0.6) is 0 Å². The van der Waals surface area contributed by atoms with Gasteiger partial charge in [0.25, 0.3) is 0 Å². The van der Waals surface area contributed by atoms with Crippen LogP contribution in [0.1, 0.15) is 63.5 Å². The Kier molecular flexibility index (Phi) is 16.3. The molecule has 0 saturated heterocycles. The molecule has 0 bridgehead atoms. The first kappa shape index (κ1) is 41.1. The summed E-state index contributed by atoms with van der Waals surface area (Å²) < 4.78 is 0. The maximum atomic E-state index is 13.8. The van der Waals surface area contributed by atoms with Crippen molar-refractivity contribution in [2.75, 3.05) is 6.54 Å². The molecule has 1 heterocycles. The van der Waals surface area contributed by atoms with Crippen LogP contribution in [-0.2, 0) is 41.6 Å². The Morgan fingerprint density at radius 1 is 0.750 bits per heavy atom. The molecule has 0 aliphatic carbocycles. The highest BCUT2D eigenvalue weighted by Gasteiger charge is 2.34. The monoisotopic (exact) mass is 721 g/mol. The molecule has 0 aliphatic rings. The number of carbonyl (C=O) groups excluding carboxylic acids is 4. The lowest BCUT2D eigenvalue weighted by Gasteiger charge is -2.28. The predicted octanol–water partition coefficient (Wildman–Crippen LogP) is 1.34. The van der Waals surface area contributed by atoms with Crippen molar-refractivity contribution >= 4 is 46.5 Å². The van der Waals surface area contributed by atoms with Gasteiger partial charge >= 0.3 is 11.9 Å². The Balaban J connectivity index is 1.79. The number of aromatic amines is 1. The number of aliphatic carboxylic acids is 2. The van der Waals surface area contributed by atoms with Crippen LogP contribution in [0.3, 0.4) is 0 Å². The van der Waals surface area contributed by atoms with Crippen molar-refractivity contribution in [2.45, 2.75) is 95.4 Å². The van der Waals surface area contributed by atoms with Crippen molar-refractivity contribution in [2.24, 2.45) is 17.4 Å². The van der Waals surface area contributed by atoms with Gasteiger partial charge in [0.1, 0.15) is 24.2 Å². The third-order valence-corrected chi connectivity index (χ3v) is 9.00. The van der Waals surface area contributed by atoms with E-state index in [4.69, 9.17) is 11.5 Å². The Hall–Kier alpha value is -5.28. The van der Waals surface area contributed by atoms with Gasteiger partial charge in [-0.2, -0.15) is 0 Å². The Morgan fingerprint density at radius 3 is 2.04 bits per heavy atom. The van der Waals surface area contributed by atoms with Crippen molar-refractivity contribution < 1.29 is 39.0 Å². The lowest BCUT2D eigenvalue weighted by atomic mass is 9.96. The average Bonchev–Trinajstić information content (AvgIpc) is 3.53. The Morgan fingerprint density at radius 2 is 1.38 bits per heavy atom. The maximum Gasteiger partial charge on any atom is 0.326 e. The molecule has 52 heavy (non-hydrogen) atoms. The van der Waals surface area contributed by atoms with Gasteiger partial charge < -0.3 is 47.9 Å². The Labute approximate surface area is 302 Å². The number of benzene rings is 2. The fraction of sp³-hybridized carbons (Fsp3) is 0.459. The Bertz CT molecular complexity index is 1660. The van der Waals surface area contributed by atoms with E-state index in [0.29, 0.717) is 31.4 Å². The van der Waals surface area contributed by atoms with Crippen LogP contribution >= 0.6 is 0 Å². The van der Waals surface area contributed by atoms with Crippen molar-refractivity contribution in [1.29, 1.82) is 0 Å². The first-order chi connectivity index (χ1) is 24.8. The van der Waals surface area contributed by atoms with Crippen molar-refractivity contribution in [3.63, 3.8) is 0 Å². The third kappa shape index (κ3) is 12.5. The van der Waals surface area contributed by atoms with Crippen LogP contribution in [0.15, 0.2) is 60.8 Å². The minimum Gasteiger partial charge on any atom is -0.481 e. The van der Waals surface area contributed by atoms with Gasteiger partial charge in [-0.15, -0.1) is 0 Å². The number of hydrogen-bond acceptors (Lipinski definition) is 8. The molecule has 15 heteroatoms. The van der Waals surface area contributed by atoms with Crippen LogP contribution in [0.2, 0.25) is 0 Å². The second-order valence-corrected chi connectivity index (χ2v) is 13.0. The molecule has 4 amide bonds. The number of carboxylic acids is 2. The van der Waals surface area contributed by atoms with E-state index >= 15 is 0 Å². The highest BCUT2D eigenvalue weighted by atomic mass is 16.4. The third-order valence-electron chi connectivity index (χ3n) is 9.00. The van der Waals surface area contributed by atoms with E-state index < -0.39 is 78.1 Å². The van der Waals surface area contributed by atoms with Crippen molar-refractivity contribution in [3.8, 4) is 0 Å². The molecule has 15 nitrogen and oxygen atoms in total. The van der Waals surface area contributed by atoms with Crippen LogP contribution in [0.4, 0.5) is 0 Å². The van der Waals surface area contributed by atoms with E-state index in [-0.39, 0.29) is 25.7 Å². The zero-order chi connectivity index (χ0) is 38.2. The largest absolute Gasteiger partial charge is 0.481 e. The SMILES string of the molecule is CC[C@H](C)[C@H](NC(=O)[C@@H](N)Cc1c[nH]c2ccccc12)C(=O)N[C@@H](CCC(=O)O)C(=O)N[C@@H](Cc1ccccc1)C(=O)N[C@@H](CCCCN)C(=O)O. The molecular formula is C37H51N7O8. The lowest BCUT2D eigenvalue weighted by molar-refractivity contribution is -0.142. The first-order valence-corrected chi connectivity index (χ1v) is 17.5. The standard InChI is InChI=1S/C37H51N7O8/c1-3-22(2)32(44-33(47)26(39)20-24-21-40-27-14-8-7-13-25(24)27)36(50)41-28(16-17-31(45)46)34(48)43-30(19-23-11-5-4-6-12-23)35(49)42-29(37(51)52)15-9-10-18-38/h4-8,11-14,21-22,26,28-30,32,40H,3,9-10,15-20,38-39H2,1-2H3,(H,41,50)(H,42,49)(H,43,48)(H,44,47)(H,45,46)(H,51,52)/t22-,26-,28-,29-,30-,32-/m0/s1. The van der Waals surface area contributed by atoms with E-state index in [2.05, 4.69) is 26.3 Å². The summed E-state index contributed by atoms with van der Waals surface area (Å²) in [7, 11) is 0. The molecule has 1 aromatic heterocycles. The highest BCUT2D eigenvalue weighted by molar-refractivity contribution is 5.96. The molecule has 0 spiro atoms. The van der Waals surface area contributed by atoms with Gasteiger partial charge in [-0.3, -0.25) is 24.0 Å². The minimum absolute atomic E-state index is 0.0208. The van der Waals surface area contributed by atoms with Crippen molar-refractivity contribution in [1.82, 2.24) is 26.3 Å². The van der Waals surface area contributed by atoms with Gasteiger partial charge in [-0.25, -0.2) is 4.79 Å². The highest BCUT2D eigenvalue weighted by Crippen LogP contribution is 2.19. The molecule has 3 rings (SSSR count). The number of fused-ring (bicyclic) bond motifs is 1. The smallest absolute Gasteiger partial charge is 0.326 e. The number of carbonyl (C=O) groups is 6. The van der Waals surface area contributed by atoms with Crippen LogP contribution in [-0.4, -0.2) is 87.5 Å². The number of unbranched alkanes of at least 4 members (excludes halogenated alkanes) is 1. The number of nitrogens with one attached hydrogen (secondary N) is 5. The number of amides is 4. The fourth-order valence-corrected chi connectivity index (χ4v) is 5.74. The number of rotatable bonds is 22. The second-order valence-electron chi connectivity index (χ2n) is 13.0. The number of carboxylic acid groups (broad SMARTS) is 2. The summed E-state index contributed by atoms with van der Waals surface area (Å²) in [5, 5.41) is 30.5. The average molecular weight is 722 g/mol. The van der Waals surface area contributed by atoms with Crippen LogP contribution in [0, 0.1) is 5.92 Å². The number of H-pyrrole nitrogens is 1. The normalized spacial score (nSPS) is 14.6. The summed E-state index contributed by atoms with van der Waals surface area (Å²) in [5.74, 6) is -5.82. The second kappa shape index (κ2) is 20.5. The summed E-state index contributed by atoms with van der Waals surface area (Å²) in [4.78, 5) is 81.0. The number of para-hydroxylation sites is 1. The molecule has 2 aromatic carbocycles. The summed E-state index contributed by atoms with van der Waals surface area (Å²) >= 11 is 0. The molecule has 282 valence electrons. The molecule has 0 aliphatic heterocycles. The quantitative estimate of drug-likeness (QED) is 0.0673. The van der Waals surface area contributed by atoms with Crippen LogP contribution in [0.25, 0.3) is 10.9 Å². The maximum absolute atomic E-state index is 13.8. The van der Waals surface area contributed by atoms with Gasteiger partial charge in [0, 0.05) is 29.9 Å². The zero-order valence-corrected chi connectivity index (χ0v) is 29.6. The summed E-state index contributed by atoms with van der Waals surface area (Å²) in [6, 6.07) is 10.2. The number of hydrogen-bond donors (Lipinski definition) is 9. The summed E-state index contributed by atoms with van der Waals surface area (Å²) in [5.41, 5.74) is 14.2. The molecule has 0 fully saturated rings. The molecular weight excluding hydrogens is 670 g/mol. The molecule has 0 saturated carbocycles. The van der Waals surface area contributed by atoms with Crippen molar-refractivity contribution in [3.05, 3.63) is 71.9 Å². The topological polar surface area (TPSA) is 259 Å². The predicted molar refractivity (Wildman–Crippen MR) is 195 cm³/mol. The van der Waals surface area contributed by atoms with Gasteiger partial charge in [0.2, 0.25) is 23.6 Å². The molecule has 0 radical (unpaired) electrons. The van der Waals surface area contributed by atoms with E-state index in [1.54, 1.807) is 43.5 Å². The molecule has 0 unspecified atom stereocenters. The van der Waals surface area contributed by atoms with Gasteiger partial charge in [-0.1, -0.05) is 68.8 Å². The van der Waals surface area contributed by atoms with Gasteiger partial charge in [-0.05, 0) is 61.8 Å². The minimum atomic E-state index is -1.42. The van der Waals surface area contributed by atoms with Gasteiger partial charge in [0.05, 0.1) is 6.04 Å². The summed E-state index contributed by atoms with van der Waals surface area (Å²) in [6.45, 7) is 3.93. The zero-order valence-electron chi connectivity index (χ0n) is 29.6.